The van der Waals surface area contributed by atoms with Gasteiger partial charge in [0.25, 0.3) is 0 Å². The van der Waals surface area contributed by atoms with E-state index in [2.05, 4.69) is 52.4 Å². The molecule has 3 aromatic rings. The monoisotopic (exact) mass is 356 g/mol. The van der Waals surface area contributed by atoms with E-state index in [9.17, 15) is 5.11 Å². The van der Waals surface area contributed by atoms with Crippen molar-refractivity contribution in [3.05, 3.63) is 38.8 Å². The molecule has 0 aliphatic heterocycles. The number of fused-ring (bicyclic) bond motifs is 1. The van der Waals surface area contributed by atoms with Crippen molar-refractivity contribution in [2.24, 2.45) is 0 Å². The van der Waals surface area contributed by atoms with Crippen LogP contribution in [0.3, 0.4) is 0 Å². The Morgan fingerprint density at radius 2 is 2.16 bits per heavy atom. The van der Waals surface area contributed by atoms with Crippen LogP contribution in [0.4, 0.5) is 0 Å². The largest absolute Gasteiger partial charge is 0.381 e. The first-order valence-corrected chi connectivity index (χ1v) is 8.44. The molecule has 3 aromatic heterocycles. The van der Waals surface area contributed by atoms with Crippen LogP contribution in [0.1, 0.15) is 36.6 Å². The smallest absolute Gasteiger partial charge is 0.131 e. The maximum atomic E-state index is 10.6. The molecule has 0 radical (unpaired) electrons. The average molecular weight is 357 g/mol. The Labute approximate surface area is 127 Å². The molecule has 0 aliphatic carbocycles. The lowest BCUT2D eigenvalue weighted by Crippen LogP contribution is -2.11. The van der Waals surface area contributed by atoms with Crippen molar-refractivity contribution in [2.75, 3.05) is 0 Å². The van der Waals surface area contributed by atoms with Gasteiger partial charge in [0.1, 0.15) is 6.10 Å². The van der Waals surface area contributed by atoms with Crippen molar-refractivity contribution >= 4 is 48.0 Å². The van der Waals surface area contributed by atoms with Crippen LogP contribution in [0, 0.1) is 0 Å². The first-order valence-electron chi connectivity index (χ1n) is 5.96. The van der Waals surface area contributed by atoms with E-state index in [1.165, 1.54) is 9.40 Å². The van der Waals surface area contributed by atoms with Crippen molar-refractivity contribution < 1.29 is 5.11 Å². The predicted molar refractivity (Wildman–Crippen MR) is 84.1 cm³/mol. The summed E-state index contributed by atoms with van der Waals surface area (Å²) in [6, 6.07) is 4.38. The molecule has 3 heterocycles. The van der Waals surface area contributed by atoms with Gasteiger partial charge in [0.2, 0.25) is 0 Å². The van der Waals surface area contributed by atoms with E-state index in [1.807, 2.05) is 4.68 Å². The molecule has 0 aliphatic rings. The van der Waals surface area contributed by atoms with Gasteiger partial charge < -0.3 is 5.11 Å². The summed E-state index contributed by atoms with van der Waals surface area (Å²) in [7, 11) is 0. The number of rotatable bonds is 3. The van der Waals surface area contributed by atoms with Crippen LogP contribution in [0.5, 0.6) is 0 Å². The molecule has 0 amide bonds. The van der Waals surface area contributed by atoms with Crippen LogP contribution in [-0.2, 0) is 0 Å². The van der Waals surface area contributed by atoms with Gasteiger partial charge >= 0.3 is 0 Å². The van der Waals surface area contributed by atoms with E-state index in [-0.39, 0.29) is 6.04 Å². The van der Waals surface area contributed by atoms with Crippen LogP contribution in [0.25, 0.3) is 9.40 Å². The molecular weight excluding hydrogens is 344 g/mol. The van der Waals surface area contributed by atoms with Gasteiger partial charge in [0.05, 0.1) is 16.4 Å². The molecule has 19 heavy (non-hydrogen) atoms. The second kappa shape index (κ2) is 5.01. The predicted octanol–water partition coefficient (Wildman–Crippen LogP) is 4.58. The molecule has 0 fully saturated rings. The zero-order valence-corrected chi connectivity index (χ0v) is 13.7. The number of hydrogen-bond acceptors (Lipinski definition) is 4. The highest BCUT2D eigenvalue weighted by Crippen LogP contribution is 2.38. The van der Waals surface area contributed by atoms with E-state index in [4.69, 9.17) is 0 Å². The molecule has 3 nitrogen and oxygen atoms in total. The Balaban J connectivity index is 2.06. The fourth-order valence-electron chi connectivity index (χ4n) is 2.07. The number of nitrogens with zero attached hydrogens (tertiary/aromatic N) is 2. The molecule has 1 N–H and O–H groups in total. The summed E-state index contributed by atoms with van der Waals surface area (Å²) >= 11 is 6.82. The van der Waals surface area contributed by atoms with Crippen LogP contribution in [0.15, 0.2) is 28.2 Å². The van der Waals surface area contributed by atoms with Crippen molar-refractivity contribution in [1.82, 2.24) is 9.78 Å². The molecule has 6 heteroatoms. The van der Waals surface area contributed by atoms with Crippen LogP contribution < -0.4 is 0 Å². The summed E-state index contributed by atoms with van der Waals surface area (Å²) < 4.78 is 5.17. The fraction of sp³-hybridized carbons (Fsp3) is 0.308. The normalized spacial score (nSPS) is 13.5. The molecule has 3 rings (SSSR count). The fourth-order valence-corrected chi connectivity index (χ4v) is 4.67. The van der Waals surface area contributed by atoms with Gasteiger partial charge in [-0.15, -0.1) is 22.7 Å². The van der Waals surface area contributed by atoms with Crippen molar-refractivity contribution in [3.8, 4) is 0 Å². The summed E-state index contributed by atoms with van der Waals surface area (Å²) in [4.78, 5) is 0.963. The number of hydrogen-bond donors (Lipinski definition) is 1. The van der Waals surface area contributed by atoms with E-state index >= 15 is 0 Å². The SMILES string of the molecule is CC(C)n1ncc(Br)c1C(O)c1cc2sccc2s1. The molecule has 100 valence electrons. The molecular formula is C13H13BrN2OS2. The highest BCUT2D eigenvalue weighted by molar-refractivity contribution is 9.10. The van der Waals surface area contributed by atoms with E-state index in [1.54, 1.807) is 28.9 Å². The third kappa shape index (κ3) is 2.27. The van der Waals surface area contributed by atoms with Crippen molar-refractivity contribution in [1.29, 1.82) is 0 Å². The number of aliphatic hydroxyl groups excluding tert-OH is 1. The molecule has 0 bridgehead atoms. The zero-order valence-electron chi connectivity index (χ0n) is 10.5. The van der Waals surface area contributed by atoms with Gasteiger partial charge in [0, 0.05) is 20.3 Å². The zero-order chi connectivity index (χ0) is 13.6. The Kier molecular flexibility index (Phi) is 3.51. The average Bonchev–Trinajstić information content (AvgIpc) is 3.00. The topological polar surface area (TPSA) is 38.0 Å². The minimum atomic E-state index is -0.635. The third-order valence-electron chi connectivity index (χ3n) is 2.96. The quantitative estimate of drug-likeness (QED) is 0.745. The van der Waals surface area contributed by atoms with Gasteiger partial charge in [-0.05, 0) is 47.3 Å². The van der Waals surface area contributed by atoms with Gasteiger partial charge in [0.15, 0.2) is 0 Å². The molecule has 0 spiro atoms. The van der Waals surface area contributed by atoms with Crippen LogP contribution in [-0.4, -0.2) is 14.9 Å². The van der Waals surface area contributed by atoms with Crippen molar-refractivity contribution in [2.45, 2.75) is 26.0 Å². The van der Waals surface area contributed by atoms with E-state index in [0.29, 0.717) is 0 Å². The minimum Gasteiger partial charge on any atom is -0.381 e. The molecule has 0 saturated heterocycles. The lowest BCUT2D eigenvalue weighted by atomic mass is 10.2. The number of halogens is 1. The molecule has 0 aromatic carbocycles. The molecule has 1 atom stereocenters. The van der Waals surface area contributed by atoms with Crippen LogP contribution in [0.2, 0.25) is 0 Å². The molecule has 0 saturated carbocycles. The number of thiophene rings is 2. The van der Waals surface area contributed by atoms with Gasteiger partial charge in [-0.1, -0.05) is 0 Å². The second-order valence-electron chi connectivity index (χ2n) is 4.62. The lowest BCUT2D eigenvalue weighted by molar-refractivity contribution is 0.208. The van der Waals surface area contributed by atoms with Crippen molar-refractivity contribution in [3.63, 3.8) is 0 Å². The first-order chi connectivity index (χ1) is 9.08. The first kappa shape index (κ1) is 13.3. The highest BCUT2D eigenvalue weighted by atomic mass is 79.9. The number of aliphatic hydroxyl groups is 1. The minimum absolute atomic E-state index is 0.219. The Morgan fingerprint density at radius 3 is 2.84 bits per heavy atom. The van der Waals surface area contributed by atoms with Gasteiger partial charge in [-0.3, -0.25) is 4.68 Å². The third-order valence-corrected chi connectivity index (χ3v) is 5.72. The summed E-state index contributed by atoms with van der Waals surface area (Å²) in [6.45, 7) is 4.12. The lowest BCUT2D eigenvalue weighted by Gasteiger charge is -2.15. The number of aromatic nitrogens is 2. The second-order valence-corrected chi connectivity index (χ2v) is 7.53. The standard InChI is InChI=1S/C13H13BrN2OS2/c1-7(2)16-12(8(14)6-15-16)13(17)11-5-10-9(19-11)3-4-18-10/h3-7,13,17H,1-2H3. The van der Waals surface area contributed by atoms with Gasteiger partial charge in [-0.25, -0.2) is 0 Å². The summed E-state index contributed by atoms with van der Waals surface area (Å²) in [5.74, 6) is 0. The Morgan fingerprint density at radius 1 is 1.37 bits per heavy atom. The van der Waals surface area contributed by atoms with E-state index in [0.717, 1.165) is 15.0 Å². The maximum Gasteiger partial charge on any atom is 0.131 e. The highest BCUT2D eigenvalue weighted by Gasteiger charge is 2.22. The summed E-state index contributed by atoms with van der Waals surface area (Å²) in [6.07, 6.45) is 1.11. The molecule has 1 unspecified atom stereocenters. The van der Waals surface area contributed by atoms with Gasteiger partial charge in [-0.2, -0.15) is 5.10 Å². The Bertz CT molecular complexity index is 685. The Hall–Kier alpha value is -0.690. The van der Waals surface area contributed by atoms with Crippen LogP contribution >= 0.6 is 38.6 Å². The summed E-state index contributed by atoms with van der Waals surface area (Å²) in [5.41, 5.74) is 0.823. The summed E-state index contributed by atoms with van der Waals surface area (Å²) in [5, 5.41) is 17.0. The van der Waals surface area contributed by atoms with E-state index < -0.39 is 6.10 Å². The maximum absolute atomic E-state index is 10.6.